The minimum absolute atomic E-state index is 0.632. The average Bonchev–Trinajstić information content (AvgIpc) is 3.66. The molecule has 2 heterocycles. The Morgan fingerprint density at radius 2 is 0.695 bits per heavy atom. The fraction of sp³-hybridized carbons (Fsp3) is 0. The highest BCUT2D eigenvalue weighted by Gasteiger charge is 2.16. The molecule has 0 amide bonds. The molecule has 276 valence electrons. The smallest absolute Gasteiger partial charge is 0.164 e. The minimum Gasteiger partial charge on any atom is -0.309 e. The third-order valence-corrected chi connectivity index (χ3v) is 11.3. The Morgan fingerprint density at radius 1 is 0.254 bits per heavy atom. The van der Waals surface area contributed by atoms with Gasteiger partial charge in [-0.25, -0.2) is 15.0 Å². The Kier molecular flexibility index (Phi) is 8.45. The van der Waals surface area contributed by atoms with Crippen LogP contribution in [-0.4, -0.2) is 19.5 Å². The Morgan fingerprint density at radius 3 is 1.37 bits per heavy atom. The van der Waals surface area contributed by atoms with Gasteiger partial charge in [-0.2, -0.15) is 0 Å². The molecule has 0 aliphatic heterocycles. The van der Waals surface area contributed by atoms with Crippen LogP contribution in [0.5, 0.6) is 0 Å². The maximum Gasteiger partial charge on any atom is 0.164 e. The van der Waals surface area contributed by atoms with Crippen molar-refractivity contribution in [3.8, 4) is 73.2 Å². The van der Waals surface area contributed by atoms with Crippen molar-refractivity contribution in [1.82, 2.24) is 19.5 Å². The van der Waals surface area contributed by atoms with Crippen LogP contribution in [0.2, 0.25) is 0 Å². The van der Waals surface area contributed by atoms with Crippen molar-refractivity contribution >= 4 is 32.6 Å². The van der Waals surface area contributed by atoms with Gasteiger partial charge in [0, 0.05) is 33.2 Å². The Labute approximate surface area is 342 Å². The number of benzene rings is 9. The van der Waals surface area contributed by atoms with Crippen molar-refractivity contribution in [2.45, 2.75) is 0 Å². The SMILES string of the molecule is c1ccc(-c2ccc3c(c2)c2ccccc2n3-c2cccc(-c3ccc(-c4nc(-c5ccccc5)nc(-c5ccc(-c6ccc7ccccc7c6)cc5)n4)cc3)c2)cc1. The molecule has 0 aliphatic rings. The molecule has 11 aromatic rings. The lowest BCUT2D eigenvalue weighted by atomic mass is 10.00. The van der Waals surface area contributed by atoms with E-state index in [0.717, 1.165) is 39.1 Å². The zero-order valence-electron chi connectivity index (χ0n) is 32.1. The molecule has 11 rings (SSSR count). The summed E-state index contributed by atoms with van der Waals surface area (Å²) >= 11 is 0. The third kappa shape index (κ3) is 6.43. The number of fused-ring (bicyclic) bond motifs is 4. The van der Waals surface area contributed by atoms with Crippen molar-refractivity contribution in [2.75, 3.05) is 0 Å². The summed E-state index contributed by atoms with van der Waals surface area (Å²) in [4.78, 5) is 15.0. The van der Waals surface area contributed by atoms with Crippen molar-refractivity contribution in [3.05, 3.63) is 218 Å². The molecule has 0 fully saturated rings. The minimum atomic E-state index is 0.632. The number of hydrogen-bond donors (Lipinski definition) is 0. The van der Waals surface area contributed by atoms with E-state index in [-0.39, 0.29) is 0 Å². The standard InChI is InChI=1S/C55H36N4/c1-3-12-37(13-4-1)47-32-33-52-50(36-47)49-20-9-10-21-51(49)59(52)48-19-11-18-45(35-48)39-22-27-42(28-23-39)54-56-53(41-15-5-2-6-16-41)57-55(58-54)43-29-24-40(25-30-43)46-31-26-38-14-7-8-17-44(38)34-46/h1-36H. The van der Waals surface area contributed by atoms with Crippen LogP contribution in [0.4, 0.5) is 0 Å². The molecule has 9 aromatic carbocycles. The first-order valence-corrected chi connectivity index (χ1v) is 19.9. The van der Waals surface area contributed by atoms with E-state index in [4.69, 9.17) is 15.0 Å². The molecule has 4 heteroatoms. The van der Waals surface area contributed by atoms with Crippen LogP contribution >= 0.6 is 0 Å². The number of aromatic nitrogens is 4. The highest BCUT2D eigenvalue weighted by atomic mass is 15.0. The molecular weight excluding hydrogens is 717 g/mol. The van der Waals surface area contributed by atoms with Crippen LogP contribution in [0, 0.1) is 0 Å². The molecule has 0 radical (unpaired) electrons. The van der Waals surface area contributed by atoms with Crippen molar-refractivity contribution < 1.29 is 0 Å². The van der Waals surface area contributed by atoms with E-state index in [0.29, 0.717) is 17.5 Å². The van der Waals surface area contributed by atoms with Gasteiger partial charge in [-0.15, -0.1) is 0 Å². The summed E-state index contributed by atoms with van der Waals surface area (Å²) in [6, 6.07) is 77.1. The van der Waals surface area contributed by atoms with Crippen LogP contribution in [-0.2, 0) is 0 Å². The van der Waals surface area contributed by atoms with E-state index in [9.17, 15) is 0 Å². The molecule has 0 unspecified atom stereocenters. The first kappa shape index (κ1) is 34.3. The summed E-state index contributed by atoms with van der Waals surface area (Å²) in [5.41, 5.74) is 13.3. The summed E-state index contributed by atoms with van der Waals surface area (Å²) in [5.74, 6) is 1.91. The van der Waals surface area contributed by atoms with E-state index in [1.807, 2.05) is 30.3 Å². The summed E-state index contributed by atoms with van der Waals surface area (Å²) in [6.07, 6.45) is 0. The Bertz CT molecular complexity index is 3300. The van der Waals surface area contributed by atoms with Crippen molar-refractivity contribution in [3.63, 3.8) is 0 Å². The van der Waals surface area contributed by atoms with Crippen LogP contribution < -0.4 is 0 Å². The fourth-order valence-electron chi connectivity index (χ4n) is 8.23. The molecular formula is C55H36N4. The van der Waals surface area contributed by atoms with Gasteiger partial charge in [-0.3, -0.25) is 0 Å². The van der Waals surface area contributed by atoms with E-state index >= 15 is 0 Å². The normalized spacial score (nSPS) is 11.4. The lowest BCUT2D eigenvalue weighted by Crippen LogP contribution is -2.00. The van der Waals surface area contributed by atoms with Gasteiger partial charge in [0.05, 0.1) is 11.0 Å². The maximum atomic E-state index is 5.05. The van der Waals surface area contributed by atoms with E-state index in [1.54, 1.807) is 0 Å². The second kappa shape index (κ2) is 14.5. The zero-order valence-corrected chi connectivity index (χ0v) is 32.1. The zero-order chi connectivity index (χ0) is 39.1. The Hall–Kier alpha value is -7.95. The van der Waals surface area contributed by atoms with Crippen molar-refractivity contribution in [2.24, 2.45) is 0 Å². The van der Waals surface area contributed by atoms with Gasteiger partial charge in [-0.05, 0) is 80.6 Å². The van der Waals surface area contributed by atoms with Gasteiger partial charge in [0.15, 0.2) is 17.5 Å². The second-order valence-electron chi connectivity index (χ2n) is 14.9. The van der Waals surface area contributed by atoms with Gasteiger partial charge < -0.3 is 4.57 Å². The fourth-order valence-corrected chi connectivity index (χ4v) is 8.23. The Balaban J connectivity index is 0.938. The van der Waals surface area contributed by atoms with E-state index in [1.165, 1.54) is 49.3 Å². The lowest BCUT2D eigenvalue weighted by Gasteiger charge is -2.12. The summed E-state index contributed by atoms with van der Waals surface area (Å²) in [7, 11) is 0. The molecule has 59 heavy (non-hydrogen) atoms. The average molecular weight is 753 g/mol. The van der Waals surface area contributed by atoms with Gasteiger partial charge in [0.1, 0.15) is 0 Å². The molecule has 0 spiro atoms. The topological polar surface area (TPSA) is 43.6 Å². The van der Waals surface area contributed by atoms with E-state index < -0.39 is 0 Å². The van der Waals surface area contributed by atoms with E-state index in [2.05, 4.69) is 193 Å². The van der Waals surface area contributed by atoms with Gasteiger partial charge >= 0.3 is 0 Å². The summed E-state index contributed by atoms with van der Waals surface area (Å²) in [5, 5.41) is 4.94. The molecule has 0 atom stereocenters. The van der Waals surface area contributed by atoms with Crippen molar-refractivity contribution in [1.29, 1.82) is 0 Å². The van der Waals surface area contributed by atoms with Crippen LogP contribution in [0.1, 0.15) is 0 Å². The monoisotopic (exact) mass is 752 g/mol. The number of para-hydroxylation sites is 1. The quantitative estimate of drug-likeness (QED) is 0.163. The van der Waals surface area contributed by atoms with Gasteiger partial charge in [-0.1, -0.05) is 182 Å². The maximum absolute atomic E-state index is 5.05. The van der Waals surface area contributed by atoms with Gasteiger partial charge in [0.2, 0.25) is 0 Å². The first-order valence-electron chi connectivity index (χ1n) is 19.9. The van der Waals surface area contributed by atoms with Crippen LogP contribution in [0.25, 0.3) is 106 Å². The second-order valence-corrected chi connectivity index (χ2v) is 14.9. The number of nitrogens with zero attached hydrogens (tertiary/aromatic N) is 4. The summed E-state index contributed by atoms with van der Waals surface area (Å²) < 4.78 is 2.38. The molecule has 2 aromatic heterocycles. The highest BCUT2D eigenvalue weighted by molar-refractivity contribution is 6.10. The van der Waals surface area contributed by atoms with Gasteiger partial charge in [0.25, 0.3) is 0 Å². The molecule has 0 aliphatic carbocycles. The third-order valence-electron chi connectivity index (χ3n) is 11.3. The molecule has 0 bridgehead atoms. The molecule has 0 saturated heterocycles. The molecule has 0 N–H and O–H groups in total. The predicted molar refractivity (Wildman–Crippen MR) is 244 cm³/mol. The lowest BCUT2D eigenvalue weighted by molar-refractivity contribution is 1.07. The molecule has 0 saturated carbocycles. The van der Waals surface area contributed by atoms with Crippen LogP contribution in [0.15, 0.2) is 218 Å². The summed E-state index contributed by atoms with van der Waals surface area (Å²) in [6.45, 7) is 0. The highest BCUT2D eigenvalue weighted by Crippen LogP contribution is 2.36. The largest absolute Gasteiger partial charge is 0.309 e. The first-order chi connectivity index (χ1) is 29.2. The predicted octanol–water partition coefficient (Wildman–Crippen LogP) is 14.1. The number of rotatable bonds is 7. The number of hydrogen-bond acceptors (Lipinski definition) is 3. The van der Waals surface area contributed by atoms with Crippen LogP contribution in [0.3, 0.4) is 0 Å². The molecule has 4 nitrogen and oxygen atoms in total.